The van der Waals surface area contributed by atoms with Gasteiger partial charge in [-0.1, -0.05) is 6.07 Å². The molecule has 0 aromatic carbocycles. The molecule has 1 amide bonds. The molecule has 0 spiro atoms. The number of hydrogen-bond donors (Lipinski definition) is 1. The monoisotopic (exact) mass is 226 g/mol. The van der Waals surface area contributed by atoms with E-state index < -0.39 is 0 Å². The quantitative estimate of drug-likeness (QED) is 0.829. The fourth-order valence-corrected chi connectivity index (χ4v) is 1.79. The normalized spacial score (nSPS) is 10.7. The highest BCUT2D eigenvalue weighted by Gasteiger charge is 2.10. The smallest absolute Gasteiger partial charge is 0.236 e. The average molecular weight is 226 g/mol. The molecule has 1 aromatic rings. The molecular weight excluding hydrogens is 208 g/mol. The van der Waals surface area contributed by atoms with Gasteiger partial charge in [0.05, 0.1) is 6.54 Å². The fourth-order valence-electron chi connectivity index (χ4n) is 1.12. The molecule has 0 fully saturated rings. The van der Waals surface area contributed by atoms with Crippen molar-refractivity contribution in [2.24, 2.45) is 0 Å². The Labute approximate surface area is 95.1 Å². The Kier molecular flexibility index (Phi) is 4.78. The van der Waals surface area contributed by atoms with Crippen molar-refractivity contribution in [3.8, 4) is 0 Å². The first kappa shape index (κ1) is 12.2. The Hall–Kier alpha value is -0.870. The van der Waals surface area contributed by atoms with Crippen molar-refractivity contribution in [2.75, 3.05) is 13.6 Å². The number of thiophene rings is 1. The van der Waals surface area contributed by atoms with Crippen molar-refractivity contribution < 1.29 is 4.79 Å². The summed E-state index contributed by atoms with van der Waals surface area (Å²) >= 11 is 1.70. The Balaban J connectivity index is 2.23. The number of nitrogens with one attached hydrogen (secondary N) is 1. The number of nitrogens with zero attached hydrogens (tertiary/aromatic N) is 1. The molecule has 1 rings (SSSR count). The average Bonchev–Trinajstić information content (AvgIpc) is 2.69. The van der Waals surface area contributed by atoms with Gasteiger partial charge in [-0.05, 0) is 25.3 Å². The van der Waals surface area contributed by atoms with E-state index in [0.29, 0.717) is 6.54 Å². The van der Waals surface area contributed by atoms with E-state index in [-0.39, 0.29) is 11.9 Å². The Bertz CT molecular complexity index is 296. The van der Waals surface area contributed by atoms with Crippen molar-refractivity contribution >= 4 is 17.2 Å². The molecule has 0 atom stereocenters. The van der Waals surface area contributed by atoms with E-state index in [9.17, 15) is 4.79 Å². The summed E-state index contributed by atoms with van der Waals surface area (Å²) in [4.78, 5) is 14.6. The van der Waals surface area contributed by atoms with Crippen molar-refractivity contribution in [2.45, 2.75) is 26.4 Å². The largest absolute Gasteiger partial charge is 0.342 e. The molecule has 4 heteroatoms. The Morgan fingerprint density at radius 1 is 1.60 bits per heavy atom. The fraction of sp³-hybridized carbons (Fsp3) is 0.545. The number of amides is 1. The van der Waals surface area contributed by atoms with Crippen LogP contribution in [-0.4, -0.2) is 30.4 Å². The number of carbonyl (C=O) groups excluding carboxylic acids is 1. The molecule has 0 aliphatic carbocycles. The van der Waals surface area contributed by atoms with Crippen LogP contribution in [0.2, 0.25) is 0 Å². The van der Waals surface area contributed by atoms with Gasteiger partial charge in [-0.25, -0.2) is 0 Å². The van der Waals surface area contributed by atoms with Crippen LogP contribution in [0.25, 0.3) is 0 Å². The van der Waals surface area contributed by atoms with Crippen LogP contribution in [0.5, 0.6) is 0 Å². The van der Waals surface area contributed by atoms with Crippen LogP contribution in [0.4, 0.5) is 0 Å². The highest BCUT2D eigenvalue weighted by molar-refractivity contribution is 7.09. The van der Waals surface area contributed by atoms with Gasteiger partial charge in [0.25, 0.3) is 0 Å². The van der Waals surface area contributed by atoms with Gasteiger partial charge in [-0.2, -0.15) is 0 Å². The third kappa shape index (κ3) is 4.01. The minimum absolute atomic E-state index is 0.140. The van der Waals surface area contributed by atoms with E-state index in [1.807, 2.05) is 32.3 Å². The summed E-state index contributed by atoms with van der Waals surface area (Å²) in [6.45, 7) is 5.20. The molecule has 84 valence electrons. The second-order valence-corrected chi connectivity index (χ2v) is 4.81. The molecule has 1 aromatic heterocycles. The van der Waals surface area contributed by atoms with Gasteiger partial charge in [0.15, 0.2) is 0 Å². The van der Waals surface area contributed by atoms with Crippen LogP contribution < -0.4 is 5.32 Å². The van der Waals surface area contributed by atoms with Gasteiger partial charge in [0.2, 0.25) is 5.91 Å². The molecule has 1 N–H and O–H groups in total. The van der Waals surface area contributed by atoms with Crippen LogP contribution in [0.15, 0.2) is 17.5 Å². The molecule has 0 saturated carbocycles. The van der Waals surface area contributed by atoms with Crippen molar-refractivity contribution in [3.05, 3.63) is 22.4 Å². The minimum atomic E-state index is 0.140. The third-order valence-corrected chi connectivity index (χ3v) is 3.20. The second kappa shape index (κ2) is 5.88. The first-order valence-electron chi connectivity index (χ1n) is 5.10. The predicted molar refractivity (Wildman–Crippen MR) is 63.9 cm³/mol. The first-order chi connectivity index (χ1) is 7.11. The van der Waals surface area contributed by atoms with Crippen molar-refractivity contribution in [3.63, 3.8) is 0 Å². The molecule has 0 saturated heterocycles. The van der Waals surface area contributed by atoms with Gasteiger partial charge >= 0.3 is 0 Å². The number of carbonyl (C=O) groups is 1. The topological polar surface area (TPSA) is 32.3 Å². The van der Waals surface area contributed by atoms with Gasteiger partial charge in [-0.3, -0.25) is 4.79 Å². The van der Waals surface area contributed by atoms with Crippen molar-refractivity contribution in [1.82, 2.24) is 10.2 Å². The molecule has 0 unspecified atom stereocenters. The van der Waals surface area contributed by atoms with Crippen molar-refractivity contribution in [1.29, 1.82) is 0 Å². The molecular formula is C11H18N2OS. The van der Waals surface area contributed by atoms with Gasteiger partial charge in [0, 0.05) is 24.5 Å². The maximum Gasteiger partial charge on any atom is 0.236 e. The molecule has 0 radical (unpaired) electrons. The van der Waals surface area contributed by atoms with Crippen LogP contribution in [0, 0.1) is 0 Å². The minimum Gasteiger partial charge on any atom is -0.342 e. The summed E-state index contributed by atoms with van der Waals surface area (Å²) in [5, 5.41) is 5.18. The van der Waals surface area contributed by atoms with E-state index in [0.717, 1.165) is 6.54 Å². The van der Waals surface area contributed by atoms with Crippen LogP contribution >= 0.6 is 11.3 Å². The van der Waals surface area contributed by atoms with E-state index in [1.54, 1.807) is 16.2 Å². The summed E-state index contributed by atoms with van der Waals surface area (Å²) in [5.41, 5.74) is 0. The first-order valence-corrected chi connectivity index (χ1v) is 5.98. The summed E-state index contributed by atoms with van der Waals surface area (Å²) in [6, 6.07) is 4.35. The lowest BCUT2D eigenvalue weighted by molar-refractivity contribution is -0.130. The summed E-state index contributed by atoms with van der Waals surface area (Å²) < 4.78 is 0. The maximum absolute atomic E-state index is 11.6. The Morgan fingerprint density at radius 2 is 2.33 bits per heavy atom. The second-order valence-electron chi connectivity index (χ2n) is 3.78. The van der Waals surface area contributed by atoms with Gasteiger partial charge < -0.3 is 10.2 Å². The van der Waals surface area contributed by atoms with E-state index in [4.69, 9.17) is 0 Å². The zero-order valence-electron chi connectivity index (χ0n) is 9.49. The predicted octanol–water partition coefficient (Wildman–Crippen LogP) is 1.70. The Morgan fingerprint density at radius 3 is 2.87 bits per heavy atom. The number of rotatable bonds is 5. The van der Waals surface area contributed by atoms with Gasteiger partial charge in [-0.15, -0.1) is 11.3 Å². The lowest BCUT2D eigenvalue weighted by Crippen LogP contribution is -2.39. The van der Waals surface area contributed by atoms with Crippen LogP contribution in [-0.2, 0) is 11.3 Å². The third-order valence-electron chi connectivity index (χ3n) is 2.32. The summed E-state index contributed by atoms with van der Waals surface area (Å²) in [6.07, 6.45) is 0. The number of likely N-dealkylation sites (N-methyl/N-ethyl adjacent to an activating group) is 1. The summed E-state index contributed by atoms with van der Waals surface area (Å²) in [5.74, 6) is 0.140. The van der Waals surface area contributed by atoms with Crippen LogP contribution in [0.1, 0.15) is 18.7 Å². The molecule has 1 heterocycles. The van der Waals surface area contributed by atoms with Gasteiger partial charge in [0.1, 0.15) is 0 Å². The van der Waals surface area contributed by atoms with E-state index in [2.05, 4.69) is 11.4 Å². The summed E-state index contributed by atoms with van der Waals surface area (Å²) in [7, 11) is 1.83. The molecule has 0 aliphatic rings. The highest BCUT2D eigenvalue weighted by atomic mass is 32.1. The zero-order valence-corrected chi connectivity index (χ0v) is 10.3. The molecule has 15 heavy (non-hydrogen) atoms. The maximum atomic E-state index is 11.6. The standard InChI is InChI=1S/C11H18N2OS/c1-9(2)13(3)11(14)8-12-7-10-5-4-6-15-10/h4-6,9,12H,7-8H2,1-3H3. The van der Waals surface area contributed by atoms with E-state index >= 15 is 0 Å². The molecule has 0 aliphatic heterocycles. The SMILES string of the molecule is CC(C)N(C)C(=O)CNCc1cccs1. The van der Waals surface area contributed by atoms with Crippen LogP contribution in [0.3, 0.4) is 0 Å². The molecule has 3 nitrogen and oxygen atoms in total. The highest BCUT2D eigenvalue weighted by Crippen LogP contribution is 2.07. The molecule has 0 bridgehead atoms. The number of hydrogen-bond acceptors (Lipinski definition) is 3. The lowest BCUT2D eigenvalue weighted by Gasteiger charge is -2.21. The lowest BCUT2D eigenvalue weighted by atomic mass is 10.3. The zero-order chi connectivity index (χ0) is 11.3. The van der Waals surface area contributed by atoms with E-state index in [1.165, 1.54) is 4.88 Å².